The van der Waals surface area contributed by atoms with Gasteiger partial charge >= 0.3 is 6.03 Å². The molecule has 9 N–H and O–H groups in total. The third kappa shape index (κ3) is 39.4. The van der Waals surface area contributed by atoms with Gasteiger partial charge in [-0.3, -0.25) is 9.59 Å². The number of amides is 4. The summed E-state index contributed by atoms with van der Waals surface area (Å²) in [7, 11) is 0. The van der Waals surface area contributed by atoms with Crippen LogP contribution in [0.4, 0.5) is 4.79 Å². The van der Waals surface area contributed by atoms with Crippen molar-refractivity contribution in [2.45, 2.75) is 331 Å². The first-order valence-corrected chi connectivity index (χ1v) is 36.4. The predicted molar refractivity (Wildman–Crippen MR) is 349 cm³/mol. The van der Waals surface area contributed by atoms with Crippen LogP contribution in [0, 0.1) is 0 Å². The van der Waals surface area contributed by atoms with Crippen molar-refractivity contribution in [1.82, 2.24) is 36.3 Å². The molecule has 87 heavy (non-hydrogen) atoms. The van der Waals surface area contributed by atoms with Crippen LogP contribution in [0.15, 0.2) is 6.20 Å². The van der Waals surface area contributed by atoms with Crippen LogP contribution in [0.3, 0.4) is 0 Å². The molecule has 0 aliphatic carbocycles. The molecule has 0 spiro atoms. The Morgan fingerprint density at radius 2 is 1.09 bits per heavy atom. The van der Waals surface area contributed by atoms with Crippen LogP contribution >= 0.6 is 11.8 Å². The van der Waals surface area contributed by atoms with Crippen molar-refractivity contribution in [3.63, 3.8) is 0 Å². The van der Waals surface area contributed by atoms with Gasteiger partial charge in [-0.15, -0.1) is 5.10 Å². The van der Waals surface area contributed by atoms with Crippen molar-refractivity contribution >= 4 is 29.6 Å². The molecule has 0 saturated carbocycles. The van der Waals surface area contributed by atoms with Crippen LogP contribution in [0.1, 0.15) is 282 Å². The minimum Gasteiger partial charge on any atom is -0.394 e. The van der Waals surface area contributed by atoms with E-state index < -0.39 is 49.0 Å². The number of hydrogen-bond acceptors (Lipinski definition) is 15. The molecule has 19 nitrogen and oxygen atoms in total. The molecule has 4 amide bonds. The number of fused-ring (bicyclic) bond motifs is 1. The van der Waals surface area contributed by atoms with Crippen molar-refractivity contribution in [2.24, 2.45) is 0 Å². The number of rotatable bonds is 63. The van der Waals surface area contributed by atoms with E-state index in [0.29, 0.717) is 69.8 Å². The van der Waals surface area contributed by atoms with Crippen LogP contribution in [-0.4, -0.2) is 171 Å². The normalized spacial score (nSPS) is 17.8. The molecule has 9 atom stereocenters. The van der Waals surface area contributed by atoms with E-state index in [2.05, 4.69) is 45.4 Å². The quantitative estimate of drug-likeness (QED) is 0.0217. The highest BCUT2D eigenvalue weighted by atomic mass is 32.2. The predicted octanol–water partition coefficient (Wildman–Crippen LogP) is 11.2. The second-order valence-corrected chi connectivity index (χ2v) is 26.4. The number of aliphatic hydroxyl groups excluding tert-OH is 5. The number of hydrogen-bond donors (Lipinski definition) is 9. The molecule has 0 aromatic carbocycles. The first-order valence-electron chi connectivity index (χ1n) is 35.4. The standard InChI is InChI=1S/C67H127N7O12S/c1-3-5-7-9-11-13-15-17-18-19-20-21-22-23-24-25-26-27-29-31-33-35-39-58(66(81)69-56(52-86-53-61(78)60(77)50-75)65(80)59(76)40-36-34-32-30-28-16-14-12-10-8-6-4-2)74-49-55(72-73-74)51-85-48-47-84-46-45-83-44-43-68-63(79)42-38-37-41-62-64-57(54-87-62)70-67(82)71-64/h49,56-62,64-65,75-78,80H,3-48,50-54H2,1-2H3,(H,68,79)(H,69,81)(H2,70,71,82)/t56-,57-,58?,59+,60-,61-,62-,64-,65-/m0/s1. The first-order chi connectivity index (χ1) is 42.6. The Morgan fingerprint density at radius 1 is 0.598 bits per heavy atom. The molecule has 2 fully saturated rings. The van der Waals surface area contributed by atoms with Gasteiger partial charge in [0.05, 0.1) is 89.9 Å². The first kappa shape index (κ1) is 78.6. The van der Waals surface area contributed by atoms with E-state index in [1.165, 1.54) is 172 Å². The molecule has 2 aliphatic heterocycles. The molecular formula is C67H127N7O12S. The molecule has 1 aromatic rings. The van der Waals surface area contributed by atoms with Gasteiger partial charge in [0.1, 0.15) is 30.0 Å². The lowest BCUT2D eigenvalue weighted by Crippen LogP contribution is -2.53. The van der Waals surface area contributed by atoms with Crippen LogP contribution in [0.25, 0.3) is 0 Å². The van der Waals surface area contributed by atoms with Crippen LogP contribution < -0.4 is 21.3 Å². The fourth-order valence-corrected chi connectivity index (χ4v) is 13.3. The SMILES string of the molecule is CCCCCCCCCCCCCCCCCCCCCCCCC(C(=O)N[C@@H](COC[C@H](O)[C@@H](O)CO)[C@H](O)[C@H](O)CCCCCCCCCCCCCC)n1cc(COCCOCCOCCNC(=O)CCCC[C@@H]2SC[C@@H]3NC(=O)N[C@@H]32)nn1. The summed E-state index contributed by atoms with van der Waals surface area (Å²) in [6, 6.07) is -1.51. The van der Waals surface area contributed by atoms with E-state index >= 15 is 0 Å². The summed E-state index contributed by atoms with van der Waals surface area (Å²) in [5.41, 5.74) is 0.531. The minimum absolute atomic E-state index is 0.00644. The molecule has 0 radical (unpaired) electrons. The summed E-state index contributed by atoms with van der Waals surface area (Å²) in [6.45, 7) is 5.57. The van der Waals surface area contributed by atoms with Gasteiger partial charge in [-0.05, 0) is 25.7 Å². The molecule has 3 rings (SSSR count). The van der Waals surface area contributed by atoms with E-state index in [9.17, 15) is 39.9 Å². The van der Waals surface area contributed by atoms with E-state index in [1.54, 1.807) is 6.20 Å². The van der Waals surface area contributed by atoms with Crippen LogP contribution in [-0.2, 0) is 35.1 Å². The second kappa shape index (κ2) is 53.9. The van der Waals surface area contributed by atoms with Gasteiger partial charge in [0, 0.05) is 24.0 Å². The Morgan fingerprint density at radius 3 is 1.62 bits per heavy atom. The maximum Gasteiger partial charge on any atom is 0.315 e. The lowest BCUT2D eigenvalue weighted by atomic mass is 9.98. The molecular weight excluding hydrogens is 1130 g/mol. The Labute approximate surface area is 530 Å². The topological polar surface area (TPSA) is 268 Å². The van der Waals surface area contributed by atoms with Gasteiger partial charge in [-0.1, -0.05) is 244 Å². The summed E-state index contributed by atoms with van der Waals surface area (Å²) < 4.78 is 24.4. The molecule has 20 heteroatoms. The zero-order chi connectivity index (χ0) is 62.6. The van der Waals surface area contributed by atoms with Crippen molar-refractivity contribution in [2.75, 3.05) is 65.2 Å². The smallest absolute Gasteiger partial charge is 0.315 e. The monoisotopic (exact) mass is 1250 g/mol. The van der Waals surface area contributed by atoms with Gasteiger partial charge in [0.2, 0.25) is 11.8 Å². The summed E-state index contributed by atoms with van der Waals surface area (Å²) in [6.07, 6.45) is 42.8. The molecule has 1 unspecified atom stereocenters. The van der Waals surface area contributed by atoms with E-state index in [-0.39, 0.29) is 43.8 Å². The summed E-state index contributed by atoms with van der Waals surface area (Å²) in [5, 5.41) is 73.4. The number of nitrogens with one attached hydrogen (secondary N) is 4. The fourth-order valence-electron chi connectivity index (χ4n) is 11.8. The number of carbonyl (C=O) groups is 3. The number of aliphatic hydroxyl groups is 5. The molecule has 2 aliphatic rings. The minimum atomic E-state index is -1.42. The lowest BCUT2D eigenvalue weighted by Gasteiger charge is -2.30. The van der Waals surface area contributed by atoms with Crippen LogP contribution in [0.5, 0.6) is 0 Å². The maximum absolute atomic E-state index is 14.4. The average molecular weight is 1250 g/mol. The number of carbonyl (C=O) groups excluding carboxylic acids is 3. The Balaban J connectivity index is 1.41. The molecule has 0 bridgehead atoms. The van der Waals surface area contributed by atoms with E-state index in [0.717, 1.165) is 76.4 Å². The Kier molecular flexibility index (Phi) is 48.7. The fraction of sp³-hybridized carbons (Fsp3) is 0.925. The Hall–Kier alpha value is -2.66. The number of aromatic nitrogens is 3. The number of nitrogens with zero attached hydrogens (tertiary/aromatic N) is 3. The third-order valence-electron chi connectivity index (χ3n) is 17.4. The zero-order valence-electron chi connectivity index (χ0n) is 54.7. The highest BCUT2D eigenvalue weighted by molar-refractivity contribution is 8.00. The number of thioether (sulfide) groups is 1. The Bertz CT molecular complexity index is 1790. The van der Waals surface area contributed by atoms with Crippen molar-refractivity contribution in [3.8, 4) is 0 Å². The largest absolute Gasteiger partial charge is 0.394 e. The van der Waals surface area contributed by atoms with E-state index in [4.69, 9.17) is 18.9 Å². The van der Waals surface area contributed by atoms with Gasteiger partial charge in [-0.2, -0.15) is 11.8 Å². The summed E-state index contributed by atoms with van der Waals surface area (Å²) in [4.78, 5) is 38.4. The lowest BCUT2D eigenvalue weighted by molar-refractivity contribution is -0.129. The molecule has 2 saturated heterocycles. The van der Waals surface area contributed by atoms with Crippen molar-refractivity contribution < 1.29 is 58.9 Å². The molecule has 3 heterocycles. The van der Waals surface area contributed by atoms with Gasteiger partial charge in [0.25, 0.3) is 0 Å². The average Bonchev–Trinajstić information content (AvgIpc) is 2.32. The highest BCUT2D eigenvalue weighted by Crippen LogP contribution is 2.33. The number of unbranched alkanes of at least 4 members (excludes halogenated alkanes) is 33. The second-order valence-electron chi connectivity index (χ2n) is 25.1. The van der Waals surface area contributed by atoms with Crippen molar-refractivity contribution in [1.29, 1.82) is 0 Å². The summed E-state index contributed by atoms with van der Waals surface area (Å²) >= 11 is 1.89. The van der Waals surface area contributed by atoms with Crippen molar-refractivity contribution in [3.05, 3.63) is 11.9 Å². The highest BCUT2D eigenvalue weighted by Gasteiger charge is 2.42. The summed E-state index contributed by atoms with van der Waals surface area (Å²) in [5.74, 6) is 0.522. The number of urea groups is 1. The van der Waals surface area contributed by atoms with Gasteiger partial charge in [-0.25, -0.2) is 9.48 Å². The molecule has 508 valence electrons. The third-order valence-corrected chi connectivity index (χ3v) is 18.9. The van der Waals surface area contributed by atoms with E-state index in [1.807, 2.05) is 11.8 Å². The number of ether oxygens (including phenoxy) is 4. The van der Waals surface area contributed by atoms with Crippen LogP contribution in [0.2, 0.25) is 0 Å². The van der Waals surface area contributed by atoms with Gasteiger partial charge in [0.15, 0.2) is 0 Å². The maximum atomic E-state index is 14.4. The molecule has 1 aromatic heterocycles. The van der Waals surface area contributed by atoms with Gasteiger partial charge < -0.3 is 65.7 Å². The zero-order valence-corrected chi connectivity index (χ0v) is 55.5.